The SMILES string of the molecule is COc1ccc(/C=C/C(=O)OCC(=O)c2ccc(OC(F)F)cc2)cc1F. The maximum absolute atomic E-state index is 13.5. The smallest absolute Gasteiger partial charge is 0.387 e. The first-order valence-corrected chi connectivity index (χ1v) is 7.65. The number of rotatable bonds is 8. The first-order chi connectivity index (χ1) is 12.9. The van der Waals surface area contributed by atoms with Crippen molar-refractivity contribution < 1.29 is 37.0 Å². The largest absolute Gasteiger partial charge is 0.494 e. The number of benzene rings is 2. The van der Waals surface area contributed by atoms with E-state index in [0.717, 1.165) is 6.08 Å². The Labute approximate surface area is 153 Å². The summed E-state index contributed by atoms with van der Waals surface area (Å²) in [4.78, 5) is 23.6. The molecule has 0 atom stereocenters. The Balaban J connectivity index is 1.87. The zero-order chi connectivity index (χ0) is 19.8. The number of ether oxygens (including phenoxy) is 3. The molecule has 0 spiro atoms. The number of halogens is 3. The lowest BCUT2D eigenvalue weighted by molar-refractivity contribution is -0.136. The van der Waals surface area contributed by atoms with Crippen LogP contribution >= 0.6 is 0 Å². The zero-order valence-corrected chi connectivity index (χ0v) is 14.2. The van der Waals surface area contributed by atoms with E-state index >= 15 is 0 Å². The van der Waals surface area contributed by atoms with Gasteiger partial charge in [-0.2, -0.15) is 8.78 Å². The van der Waals surface area contributed by atoms with Crippen LogP contribution in [-0.2, 0) is 9.53 Å². The van der Waals surface area contributed by atoms with Crippen LogP contribution in [0.15, 0.2) is 48.5 Å². The fourth-order valence-electron chi connectivity index (χ4n) is 2.04. The summed E-state index contributed by atoms with van der Waals surface area (Å²) in [5, 5.41) is 0. The molecule has 0 radical (unpaired) electrons. The van der Waals surface area contributed by atoms with Gasteiger partial charge in [0, 0.05) is 11.6 Å². The van der Waals surface area contributed by atoms with Crippen molar-refractivity contribution in [1.82, 2.24) is 0 Å². The van der Waals surface area contributed by atoms with E-state index in [0.29, 0.717) is 5.56 Å². The van der Waals surface area contributed by atoms with Gasteiger partial charge in [-0.05, 0) is 48.0 Å². The molecule has 0 N–H and O–H groups in total. The highest BCUT2D eigenvalue weighted by molar-refractivity contribution is 5.99. The average molecular weight is 380 g/mol. The lowest BCUT2D eigenvalue weighted by Crippen LogP contribution is -2.12. The van der Waals surface area contributed by atoms with Crippen molar-refractivity contribution in [2.45, 2.75) is 6.61 Å². The summed E-state index contributed by atoms with van der Waals surface area (Å²) in [6, 6.07) is 9.11. The van der Waals surface area contributed by atoms with Crippen molar-refractivity contribution in [3.05, 3.63) is 65.5 Å². The van der Waals surface area contributed by atoms with Gasteiger partial charge in [0.2, 0.25) is 0 Å². The molecule has 0 heterocycles. The number of ketones is 1. The van der Waals surface area contributed by atoms with Gasteiger partial charge in [0.05, 0.1) is 7.11 Å². The molecule has 0 aliphatic rings. The van der Waals surface area contributed by atoms with Gasteiger partial charge in [-0.15, -0.1) is 0 Å². The predicted molar refractivity (Wildman–Crippen MR) is 90.3 cm³/mol. The second-order valence-corrected chi connectivity index (χ2v) is 5.16. The first-order valence-electron chi connectivity index (χ1n) is 7.65. The average Bonchev–Trinajstić information content (AvgIpc) is 2.64. The Morgan fingerprint density at radius 1 is 1.11 bits per heavy atom. The number of carbonyl (C=O) groups is 2. The van der Waals surface area contributed by atoms with Gasteiger partial charge in [-0.25, -0.2) is 9.18 Å². The van der Waals surface area contributed by atoms with E-state index in [1.807, 2.05) is 0 Å². The lowest BCUT2D eigenvalue weighted by Gasteiger charge is -2.05. The summed E-state index contributed by atoms with van der Waals surface area (Å²) in [7, 11) is 1.34. The van der Waals surface area contributed by atoms with Gasteiger partial charge in [0.1, 0.15) is 5.75 Å². The van der Waals surface area contributed by atoms with Crippen LogP contribution in [0.5, 0.6) is 11.5 Å². The molecule has 2 rings (SSSR count). The van der Waals surface area contributed by atoms with Crippen LogP contribution in [0.4, 0.5) is 13.2 Å². The Morgan fingerprint density at radius 3 is 2.41 bits per heavy atom. The lowest BCUT2D eigenvalue weighted by atomic mass is 10.1. The second kappa shape index (κ2) is 9.42. The van der Waals surface area contributed by atoms with E-state index in [1.54, 1.807) is 6.07 Å². The van der Waals surface area contributed by atoms with Crippen LogP contribution in [0.25, 0.3) is 6.08 Å². The molecule has 0 aromatic heterocycles. The van der Waals surface area contributed by atoms with E-state index in [2.05, 4.69) is 4.74 Å². The van der Waals surface area contributed by atoms with Gasteiger partial charge < -0.3 is 14.2 Å². The molecule has 0 saturated heterocycles. The van der Waals surface area contributed by atoms with Crippen LogP contribution in [0, 0.1) is 5.82 Å². The quantitative estimate of drug-likeness (QED) is 0.395. The number of Topliss-reactive ketones (excluding diaryl/α,β-unsaturated/α-hetero) is 1. The fourth-order valence-corrected chi connectivity index (χ4v) is 2.04. The van der Waals surface area contributed by atoms with Gasteiger partial charge in [0.15, 0.2) is 24.0 Å². The van der Waals surface area contributed by atoms with E-state index < -0.39 is 30.8 Å². The maximum Gasteiger partial charge on any atom is 0.387 e. The normalized spacial score (nSPS) is 10.9. The molecular weight excluding hydrogens is 365 g/mol. The van der Waals surface area contributed by atoms with E-state index in [4.69, 9.17) is 9.47 Å². The third-order valence-corrected chi connectivity index (χ3v) is 3.33. The maximum atomic E-state index is 13.5. The van der Waals surface area contributed by atoms with E-state index in [1.165, 1.54) is 49.6 Å². The van der Waals surface area contributed by atoms with Crippen molar-refractivity contribution in [1.29, 1.82) is 0 Å². The van der Waals surface area contributed by atoms with Gasteiger partial charge >= 0.3 is 12.6 Å². The first kappa shape index (κ1) is 20.0. The third-order valence-electron chi connectivity index (χ3n) is 3.33. The number of alkyl halides is 2. The highest BCUT2D eigenvalue weighted by Gasteiger charge is 2.10. The summed E-state index contributed by atoms with van der Waals surface area (Å²) in [5.74, 6) is -1.91. The molecular formula is C19H15F3O5. The molecule has 0 bridgehead atoms. The van der Waals surface area contributed by atoms with Gasteiger partial charge in [-0.1, -0.05) is 6.07 Å². The van der Waals surface area contributed by atoms with Gasteiger partial charge in [0.25, 0.3) is 0 Å². The Kier molecular flexibility index (Phi) is 6.99. The van der Waals surface area contributed by atoms with Crippen molar-refractivity contribution >= 4 is 17.8 Å². The molecule has 0 fully saturated rings. The summed E-state index contributed by atoms with van der Waals surface area (Å²) >= 11 is 0. The van der Waals surface area contributed by atoms with Crippen LogP contribution in [0.3, 0.4) is 0 Å². The molecule has 8 heteroatoms. The molecule has 0 unspecified atom stereocenters. The summed E-state index contributed by atoms with van der Waals surface area (Å²) < 4.78 is 51.4. The van der Waals surface area contributed by atoms with Crippen molar-refractivity contribution in [2.24, 2.45) is 0 Å². The summed E-state index contributed by atoms with van der Waals surface area (Å²) in [6.45, 7) is -3.49. The molecule has 0 amide bonds. The number of esters is 1. The fraction of sp³-hybridized carbons (Fsp3) is 0.158. The second-order valence-electron chi connectivity index (χ2n) is 5.16. The minimum absolute atomic E-state index is 0.0743. The summed E-state index contributed by atoms with van der Waals surface area (Å²) in [5.41, 5.74) is 0.580. The molecule has 2 aromatic carbocycles. The Morgan fingerprint density at radius 2 is 1.81 bits per heavy atom. The molecule has 142 valence electrons. The monoisotopic (exact) mass is 380 g/mol. The van der Waals surface area contributed by atoms with E-state index in [-0.39, 0.29) is 17.1 Å². The van der Waals surface area contributed by atoms with Crippen LogP contribution in [0.2, 0.25) is 0 Å². The molecule has 0 aliphatic heterocycles. The number of carbonyl (C=O) groups excluding carboxylic acids is 2. The van der Waals surface area contributed by atoms with Crippen molar-refractivity contribution in [3.63, 3.8) is 0 Å². The zero-order valence-electron chi connectivity index (χ0n) is 14.2. The molecule has 27 heavy (non-hydrogen) atoms. The number of methoxy groups -OCH3 is 1. The van der Waals surface area contributed by atoms with Crippen LogP contribution in [0.1, 0.15) is 15.9 Å². The van der Waals surface area contributed by atoms with Crippen LogP contribution in [-0.4, -0.2) is 32.1 Å². The third kappa shape index (κ3) is 6.18. The van der Waals surface area contributed by atoms with E-state index in [9.17, 15) is 22.8 Å². The van der Waals surface area contributed by atoms with Crippen molar-refractivity contribution in [3.8, 4) is 11.5 Å². The highest BCUT2D eigenvalue weighted by Crippen LogP contribution is 2.18. The number of hydrogen-bond acceptors (Lipinski definition) is 5. The molecule has 2 aromatic rings. The topological polar surface area (TPSA) is 61.8 Å². The Hall–Kier alpha value is -3.29. The summed E-state index contributed by atoms with van der Waals surface area (Å²) in [6.07, 6.45) is 2.37. The van der Waals surface area contributed by atoms with Gasteiger partial charge in [-0.3, -0.25) is 4.79 Å². The minimum Gasteiger partial charge on any atom is -0.494 e. The standard InChI is InChI=1S/C19H15F3O5/c1-25-17-8-2-12(10-15(17)20)3-9-18(24)26-11-16(23)13-4-6-14(7-5-13)27-19(21)22/h2-10,19H,11H2,1H3/b9-3+. The highest BCUT2D eigenvalue weighted by atomic mass is 19.3. The number of hydrogen-bond donors (Lipinski definition) is 0. The van der Waals surface area contributed by atoms with Crippen molar-refractivity contribution in [2.75, 3.05) is 13.7 Å². The molecule has 5 nitrogen and oxygen atoms in total. The van der Waals surface area contributed by atoms with Crippen LogP contribution < -0.4 is 9.47 Å². The Bertz CT molecular complexity index is 832. The predicted octanol–water partition coefficient (Wildman–Crippen LogP) is 3.88. The molecule has 0 saturated carbocycles. The minimum atomic E-state index is -2.96. The molecule has 0 aliphatic carbocycles.